The summed E-state index contributed by atoms with van der Waals surface area (Å²) in [5.41, 5.74) is 4.19. The number of nitrogens with zero attached hydrogens (tertiary/aromatic N) is 3. The van der Waals surface area contributed by atoms with E-state index >= 15 is 0 Å². The van der Waals surface area contributed by atoms with Crippen LogP contribution in [0.1, 0.15) is 29.9 Å². The maximum atomic E-state index is 14.5. The molecule has 3 rings (SSSR count). The largest absolute Gasteiger partial charge is 0.462 e. The van der Waals surface area contributed by atoms with E-state index in [0.29, 0.717) is 5.02 Å². The van der Waals surface area contributed by atoms with Gasteiger partial charge < -0.3 is 15.8 Å². The number of anilines is 1. The molecule has 148 valence electrons. The highest BCUT2D eigenvalue weighted by molar-refractivity contribution is 6.30. The molecule has 10 heteroatoms. The number of carbonyl (C=O) groups is 1. The van der Waals surface area contributed by atoms with Crippen molar-refractivity contribution in [2.45, 2.75) is 25.5 Å². The van der Waals surface area contributed by atoms with Crippen LogP contribution in [0.5, 0.6) is 0 Å². The lowest BCUT2D eigenvalue weighted by Crippen LogP contribution is -2.48. The summed E-state index contributed by atoms with van der Waals surface area (Å²) in [6, 6.07) is 4.01. The Morgan fingerprint density at radius 2 is 2.11 bits per heavy atom. The van der Waals surface area contributed by atoms with E-state index in [9.17, 15) is 13.6 Å². The number of pyridine rings is 2. The number of rotatable bonds is 4. The molecular weight excluding hydrogens is 392 g/mol. The first-order valence-corrected chi connectivity index (χ1v) is 8.81. The Kier molecular flexibility index (Phi) is 5.46. The minimum atomic E-state index is -1.61. The molecule has 0 bridgehead atoms. The van der Waals surface area contributed by atoms with Crippen molar-refractivity contribution in [1.29, 1.82) is 0 Å². The minimum Gasteiger partial charge on any atom is -0.462 e. The molecule has 1 amide bonds. The summed E-state index contributed by atoms with van der Waals surface area (Å²) < 4.78 is 34.0. The molecule has 0 spiro atoms. The second-order valence-electron chi connectivity index (χ2n) is 6.50. The lowest BCUT2D eigenvalue weighted by Gasteiger charge is -2.40. The zero-order valence-corrected chi connectivity index (χ0v) is 15.9. The average Bonchev–Trinajstić information content (AvgIpc) is 2.67. The molecule has 3 atom stereocenters. The Balaban J connectivity index is 1.98. The van der Waals surface area contributed by atoms with Gasteiger partial charge in [0.05, 0.1) is 16.9 Å². The highest BCUT2D eigenvalue weighted by Gasteiger charge is 2.47. The van der Waals surface area contributed by atoms with Gasteiger partial charge in [-0.3, -0.25) is 4.79 Å². The lowest BCUT2D eigenvalue weighted by atomic mass is 9.77. The van der Waals surface area contributed by atoms with Crippen LogP contribution in [-0.4, -0.2) is 34.7 Å². The van der Waals surface area contributed by atoms with Crippen molar-refractivity contribution in [1.82, 2.24) is 9.97 Å². The summed E-state index contributed by atoms with van der Waals surface area (Å²) in [7, 11) is 0. The zero-order chi connectivity index (χ0) is 20.5. The first-order chi connectivity index (χ1) is 13.3. The van der Waals surface area contributed by atoms with Crippen molar-refractivity contribution in [3.8, 4) is 0 Å². The van der Waals surface area contributed by atoms with Crippen molar-refractivity contribution >= 4 is 29.2 Å². The van der Waals surface area contributed by atoms with Gasteiger partial charge in [-0.2, -0.15) is 4.39 Å². The quantitative estimate of drug-likeness (QED) is 0.755. The van der Waals surface area contributed by atoms with Gasteiger partial charge in [0.1, 0.15) is 24.0 Å². The number of amides is 1. The number of aliphatic imine (C=N–C) groups is 1. The maximum Gasteiger partial charge on any atom is 0.283 e. The van der Waals surface area contributed by atoms with Gasteiger partial charge in [-0.1, -0.05) is 18.5 Å². The molecule has 3 N–H and O–H groups in total. The van der Waals surface area contributed by atoms with Gasteiger partial charge in [-0.05, 0) is 25.1 Å². The van der Waals surface area contributed by atoms with Crippen LogP contribution < -0.4 is 11.1 Å². The number of alkyl halides is 1. The molecule has 0 aromatic carbocycles. The fraction of sp³-hybridized carbons (Fsp3) is 0.333. The number of hydrogen-bond donors (Lipinski definition) is 2. The first kappa shape index (κ1) is 19.9. The SMILES string of the molecule is CC1OC(N)=N[C@@](CF)(c2cc(NC(=O)c3ccc(Cl)cn3)cnc2F)[C@@H]1C. The maximum absolute atomic E-state index is 14.5. The summed E-state index contributed by atoms with van der Waals surface area (Å²) in [6.45, 7) is 2.36. The van der Waals surface area contributed by atoms with Gasteiger partial charge in [-0.25, -0.2) is 19.4 Å². The highest BCUT2D eigenvalue weighted by Crippen LogP contribution is 2.41. The molecule has 7 nitrogen and oxygen atoms in total. The standard InChI is InChI=1S/C18H18ClF2N5O2/c1-9-10(2)28-17(22)26-18(9,8-20)13-5-12(7-24-15(13)21)25-16(27)14-4-3-11(19)6-23-14/h3-7,9-10H,8H2,1-2H3,(H2,22,26)(H,25,27)/t9-,10?,18-/m1/s1. The Labute approximate surface area is 165 Å². The topological polar surface area (TPSA) is 102 Å². The van der Waals surface area contributed by atoms with Crippen molar-refractivity contribution in [3.05, 3.63) is 52.8 Å². The van der Waals surface area contributed by atoms with E-state index in [0.717, 1.165) is 6.20 Å². The summed E-state index contributed by atoms with van der Waals surface area (Å²) in [4.78, 5) is 24.0. The predicted molar refractivity (Wildman–Crippen MR) is 100 cm³/mol. The predicted octanol–water partition coefficient (Wildman–Crippen LogP) is 3.06. The Bertz CT molecular complexity index is 925. The first-order valence-electron chi connectivity index (χ1n) is 8.43. The van der Waals surface area contributed by atoms with E-state index in [1.165, 1.54) is 24.4 Å². The molecule has 1 unspecified atom stereocenters. The third-order valence-electron chi connectivity index (χ3n) is 4.80. The van der Waals surface area contributed by atoms with E-state index in [4.69, 9.17) is 22.1 Å². The summed E-state index contributed by atoms with van der Waals surface area (Å²) in [6.07, 6.45) is 1.95. The monoisotopic (exact) mass is 409 g/mol. The number of nitrogens with one attached hydrogen (secondary N) is 1. The number of ether oxygens (including phenoxy) is 1. The van der Waals surface area contributed by atoms with Gasteiger partial charge >= 0.3 is 0 Å². The van der Waals surface area contributed by atoms with Crippen LogP contribution in [0.25, 0.3) is 0 Å². The summed E-state index contributed by atoms with van der Waals surface area (Å²) >= 11 is 5.76. The molecule has 28 heavy (non-hydrogen) atoms. The summed E-state index contributed by atoms with van der Waals surface area (Å²) in [5, 5.41) is 2.94. The number of carbonyl (C=O) groups excluding carboxylic acids is 1. The molecule has 1 aliphatic rings. The second-order valence-corrected chi connectivity index (χ2v) is 6.93. The van der Waals surface area contributed by atoms with Crippen molar-refractivity contribution in [3.63, 3.8) is 0 Å². The van der Waals surface area contributed by atoms with E-state index < -0.39 is 36.1 Å². The Morgan fingerprint density at radius 1 is 1.36 bits per heavy atom. The summed E-state index contributed by atoms with van der Waals surface area (Å²) in [5.74, 6) is -2.00. The molecule has 0 aliphatic carbocycles. The molecular formula is C18H18ClF2N5O2. The van der Waals surface area contributed by atoms with Crippen LogP contribution >= 0.6 is 11.6 Å². The van der Waals surface area contributed by atoms with Crippen LogP contribution in [-0.2, 0) is 10.3 Å². The van der Waals surface area contributed by atoms with Gasteiger partial charge in [0, 0.05) is 17.7 Å². The van der Waals surface area contributed by atoms with Gasteiger partial charge in [-0.15, -0.1) is 0 Å². The third kappa shape index (κ3) is 3.62. The van der Waals surface area contributed by atoms with Crippen molar-refractivity contribution < 1.29 is 18.3 Å². The number of nitrogens with two attached hydrogens (primary N) is 1. The van der Waals surface area contributed by atoms with E-state index in [1.54, 1.807) is 13.8 Å². The molecule has 0 saturated heterocycles. The van der Waals surface area contributed by atoms with Gasteiger partial charge in [0.25, 0.3) is 11.9 Å². The zero-order valence-electron chi connectivity index (χ0n) is 15.1. The third-order valence-corrected chi connectivity index (χ3v) is 5.02. The number of halogens is 3. The van der Waals surface area contributed by atoms with Crippen molar-refractivity contribution in [2.75, 3.05) is 12.0 Å². The highest BCUT2D eigenvalue weighted by atomic mass is 35.5. The normalized spacial score (nSPS) is 24.2. The molecule has 2 aromatic heterocycles. The molecule has 0 fully saturated rings. The van der Waals surface area contributed by atoms with Crippen molar-refractivity contribution in [2.24, 2.45) is 16.6 Å². The Hall–Kier alpha value is -2.81. The van der Waals surface area contributed by atoms with E-state index in [2.05, 4.69) is 20.3 Å². The molecule has 0 saturated carbocycles. The Morgan fingerprint density at radius 3 is 2.75 bits per heavy atom. The van der Waals surface area contributed by atoms with Crippen LogP contribution in [0.3, 0.4) is 0 Å². The number of aromatic nitrogens is 2. The molecule has 1 aliphatic heterocycles. The van der Waals surface area contributed by atoms with Gasteiger partial charge in [0.15, 0.2) is 0 Å². The smallest absolute Gasteiger partial charge is 0.283 e. The second kappa shape index (κ2) is 7.67. The lowest BCUT2D eigenvalue weighted by molar-refractivity contribution is 0.0490. The van der Waals surface area contributed by atoms with Crippen LogP contribution in [0.4, 0.5) is 14.5 Å². The fourth-order valence-corrected chi connectivity index (χ4v) is 3.17. The number of hydrogen-bond acceptors (Lipinski definition) is 6. The fourth-order valence-electron chi connectivity index (χ4n) is 3.06. The van der Waals surface area contributed by atoms with E-state index in [-0.39, 0.29) is 23.0 Å². The minimum absolute atomic E-state index is 0.103. The van der Waals surface area contributed by atoms with Crippen LogP contribution in [0.2, 0.25) is 5.02 Å². The van der Waals surface area contributed by atoms with Gasteiger partial charge in [0.2, 0.25) is 5.95 Å². The molecule has 3 heterocycles. The number of amidine groups is 1. The molecule has 2 aromatic rings. The van der Waals surface area contributed by atoms with Crippen LogP contribution in [0, 0.1) is 11.9 Å². The molecule has 0 radical (unpaired) electrons. The average molecular weight is 410 g/mol. The van der Waals surface area contributed by atoms with E-state index in [1.807, 2.05) is 0 Å². The van der Waals surface area contributed by atoms with Crippen LogP contribution in [0.15, 0.2) is 35.6 Å².